The van der Waals surface area contributed by atoms with Crippen LogP contribution in [0.25, 0.3) is 5.69 Å². The van der Waals surface area contributed by atoms with Crippen molar-refractivity contribution in [2.75, 3.05) is 0 Å². The number of aromatic nitrogens is 2. The van der Waals surface area contributed by atoms with Gasteiger partial charge in [-0.05, 0) is 36.4 Å². The highest BCUT2D eigenvalue weighted by Gasteiger charge is 2.48. The summed E-state index contributed by atoms with van der Waals surface area (Å²) in [5, 5.41) is 9.05. The van der Waals surface area contributed by atoms with Crippen LogP contribution in [-0.2, 0) is 19.7 Å². The van der Waals surface area contributed by atoms with Crippen molar-refractivity contribution in [3.8, 4) is 23.1 Å². The lowest BCUT2D eigenvalue weighted by Crippen LogP contribution is -2.23. The minimum atomic E-state index is -5.95. The monoisotopic (exact) mass is 736 g/mol. The SMILES string of the molecule is O=C1c2ccc(S(=O)(=O)C(F)(F)F)cc2Oc2c(Cl)cc(C(=O)c3ccc(S(=O)(=O)C(F)(F)F)cc3O)n2-c2c1[nH]c(Cl)c2Cl. The molecule has 10 nitrogen and oxygen atoms in total. The average molecular weight is 738 g/mol. The molecule has 2 N–H and O–H groups in total. The minimum absolute atomic E-state index is 0.166. The highest BCUT2D eigenvalue weighted by atomic mass is 35.5. The fourth-order valence-electron chi connectivity index (χ4n) is 4.21. The second-order valence-electron chi connectivity index (χ2n) is 8.99. The fourth-order valence-corrected chi connectivity index (χ4v) is 6.41. The van der Waals surface area contributed by atoms with E-state index in [9.17, 15) is 57.9 Å². The molecule has 1 aliphatic heterocycles. The number of halogens is 9. The van der Waals surface area contributed by atoms with E-state index in [2.05, 4.69) is 4.98 Å². The Morgan fingerprint density at radius 2 is 1.42 bits per heavy atom. The first-order valence-corrected chi connectivity index (χ1v) is 15.5. The van der Waals surface area contributed by atoms with Crippen molar-refractivity contribution in [2.24, 2.45) is 0 Å². The van der Waals surface area contributed by atoms with Crippen LogP contribution in [0.5, 0.6) is 17.4 Å². The molecule has 0 radical (unpaired) electrons. The molecule has 0 bridgehead atoms. The summed E-state index contributed by atoms with van der Waals surface area (Å²) in [5.74, 6) is -4.97. The number of nitrogens with one attached hydrogen (secondary N) is 1. The molecule has 0 amide bonds. The van der Waals surface area contributed by atoms with Crippen LogP contribution in [0.3, 0.4) is 0 Å². The quantitative estimate of drug-likeness (QED) is 0.154. The predicted molar refractivity (Wildman–Crippen MR) is 143 cm³/mol. The van der Waals surface area contributed by atoms with Gasteiger partial charge in [-0.1, -0.05) is 34.8 Å². The number of aromatic amines is 1. The van der Waals surface area contributed by atoms with Gasteiger partial charge in [-0.15, -0.1) is 0 Å². The number of phenols is 1. The molecule has 238 valence electrons. The highest BCUT2D eigenvalue weighted by molar-refractivity contribution is 7.92. The van der Waals surface area contributed by atoms with Gasteiger partial charge in [0.1, 0.15) is 32.4 Å². The van der Waals surface area contributed by atoms with Crippen LogP contribution >= 0.6 is 34.8 Å². The highest BCUT2D eigenvalue weighted by Crippen LogP contribution is 2.46. The standard InChI is InChI=1S/C24H9Cl3F6N2O8S2/c25-12-7-13(19(37)10-3-1-8(5-14(10)36)44(39,40)23(28,29)30)35-18-16(26)21(27)34-17(18)20(38)11-4-2-9(6-15(11)43-22(12)35)45(41,42)24(31,32)33/h1-7,34,36H. The van der Waals surface area contributed by atoms with Gasteiger partial charge in [-0.3, -0.25) is 14.2 Å². The molecular weight excluding hydrogens is 729 g/mol. The maximum atomic E-state index is 13.6. The molecule has 45 heavy (non-hydrogen) atoms. The van der Waals surface area contributed by atoms with Crippen LogP contribution in [0.1, 0.15) is 32.1 Å². The van der Waals surface area contributed by atoms with Crippen LogP contribution in [0.15, 0.2) is 52.3 Å². The molecule has 3 heterocycles. The van der Waals surface area contributed by atoms with E-state index in [0.717, 1.165) is 16.7 Å². The smallest absolute Gasteiger partial charge is 0.501 e. The summed E-state index contributed by atoms with van der Waals surface area (Å²) < 4.78 is 133. The lowest BCUT2D eigenvalue weighted by atomic mass is 10.0. The zero-order chi connectivity index (χ0) is 33.6. The van der Waals surface area contributed by atoms with Gasteiger partial charge in [0.25, 0.3) is 19.7 Å². The summed E-state index contributed by atoms with van der Waals surface area (Å²) in [7, 11) is -11.9. The van der Waals surface area contributed by atoms with Gasteiger partial charge >= 0.3 is 11.0 Å². The number of carbonyl (C=O) groups excluding carboxylic acids is 2. The van der Waals surface area contributed by atoms with E-state index in [1.54, 1.807) is 0 Å². The van der Waals surface area contributed by atoms with E-state index < -0.39 is 113 Å². The molecule has 4 aromatic rings. The third-order valence-electron chi connectivity index (χ3n) is 6.32. The number of phenolic OH excluding ortho intramolecular Hbond substituents is 1. The Balaban J connectivity index is 1.75. The topological polar surface area (TPSA) is 153 Å². The lowest BCUT2D eigenvalue weighted by Gasteiger charge is -2.20. The molecule has 5 rings (SSSR count). The number of fused-ring (bicyclic) bond motifs is 4. The van der Waals surface area contributed by atoms with Gasteiger partial charge in [-0.25, -0.2) is 16.8 Å². The Bertz CT molecular complexity index is 2190. The number of rotatable bonds is 4. The molecule has 0 unspecified atom stereocenters. The van der Waals surface area contributed by atoms with Gasteiger partial charge in [0, 0.05) is 6.07 Å². The third-order valence-corrected chi connectivity index (χ3v) is 10.3. The first-order chi connectivity index (χ1) is 20.6. The summed E-state index contributed by atoms with van der Waals surface area (Å²) in [4.78, 5) is 26.8. The number of alkyl halides is 6. The van der Waals surface area contributed by atoms with E-state index in [1.165, 1.54) is 0 Å². The van der Waals surface area contributed by atoms with Crippen LogP contribution in [0.2, 0.25) is 15.2 Å². The summed E-state index contributed by atoms with van der Waals surface area (Å²) in [6.07, 6.45) is 0. The molecule has 1 aliphatic rings. The lowest BCUT2D eigenvalue weighted by molar-refractivity contribution is -0.0442. The number of H-pyrrole nitrogens is 1. The van der Waals surface area contributed by atoms with Crippen LogP contribution in [0.4, 0.5) is 26.3 Å². The molecule has 0 spiro atoms. The van der Waals surface area contributed by atoms with Gasteiger partial charge in [0.15, 0.2) is 0 Å². The Morgan fingerprint density at radius 1 is 0.867 bits per heavy atom. The summed E-state index contributed by atoms with van der Waals surface area (Å²) in [5.41, 5.74) is -14.3. The van der Waals surface area contributed by atoms with E-state index in [0.29, 0.717) is 24.3 Å². The van der Waals surface area contributed by atoms with Crippen LogP contribution in [0, 0.1) is 0 Å². The molecular formula is C24H9Cl3F6N2O8S2. The maximum Gasteiger partial charge on any atom is 0.501 e. The first kappa shape index (κ1) is 32.7. The van der Waals surface area contributed by atoms with Crippen molar-refractivity contribution < 1.29 is 62.6 Å². The normalized spacial score (nSPS) is 13.8. The van der Waals surface area contributed by atoms with Crippen molar-refractivity contribution in [3.63, 3.8) is 0 Å². The number of ether oxygens (including phenoxy) is 1. The third kappa shape index (κ3) is 5.04. The van der Waals surface area contributed by atoms with Crippen molar-refractivity contribution >= 4 is 66.0 Å². The number of carbonyl (C=O) groups is 2. The van der Waals surface area contributed by atoms with E-state index in [1.807, 2.05) is 0 Å². The molecule has 0 fully saturated rings. The number of nitrogens with zero attached hydrogens (tertiary/aromatic N) is 1. The van der Waals surface area contributed by atoms with E-state index in [4.69, 9.17) is 39.5 Å². The molecule has 0 atom stereocenters. The number of benzene rings is 2. The Morgan fingerprint density at radius 3 is 1.98 bits per heavy atom. The average Bonchev–Trinajstić information content (AvgIpc) is 3.40. The maximum absolute atomic E-state index is 13.6. The number of ketones is 2. The molecule has 0 saturated heterocycles. The fraction of sp³-hybridized carbons (Fsp3) is 0.0833. The van der Waals surface area contributed by atoms with Crippen molar-refractivity contribution in [1.82, 2.24) is 9.55 Å². The van der Waals surface area contributed by atoms with E-state index in [-0.39, 0.29) is 6.07 Å². The second-order valence-corrected chi connectivity index (χ2v) is 14.0. The van der Waals surface area contributed by atoms with Crippen LogP contribution < -0.4 is 4.74 Å². The van der Waals surface area contributed by atoms with Gasteiger partial charge in [0.05, 0.1) is 32.3 Å². The first-order valence-electron chi connectivity index (χ1n) is 11.4. The van der Waals surface area contributed by atoms with E-state index >= 15 is 0 Å². The molecule has 2 aromatic carbocycles. The Hall–Kier alpha value is -3.71. The van der Waals surface area contributed by atoms with Crippen LogP contribution in [-0.4, -0.2) is 54.1 Å². The number of sulfone groups is 2. The molecule has 2 aromatic heterocycles. The molecule has 21 heteroatoms. The Kier molecular flexibility index (Phi) is 7.56. The zero-order valence-electron chi connectivity index (χ0n) is 21.0. The van der Waals surface area contributed by atoms with Crippen molar-refractivity contribution in [3.05, 3.63) is 80.2 Å². The van der Waals surface area contributed by atoms with Gasteiger partial charge < -0.3 is 14.8 Å². The van der Waals surface area contributed by atoms with Crippen molar-refractivity contribution in [1.29, 1.82) is 0 Å². The summed E-state index contributed by atoms with van der Waals surface area (Å²) in [6, 6.07) is 3.56. The number of hydrogen-bond acceptors (Lipinski definition) is 8. The second kappa shape index (κ2) is 10.4. The van der Waals surface area contributed by atoms with Crippen molar-refractivity contribution in [2.45, 2.75) is 20.8 Å². The number of aromatic hydroxyl groups is 1. The molecule has 0 saturated carbocycles. The predicted octanol–water partition coefficient (Wildman–Crippen LogP) is 6.63. The zero-order valence-corrected chi connectivity index (χ0v) is 24.9. The molecule has 0 aliphatic carbocycles. The summed E-state index contributed by atoms with van der Waals surface area (Å²) in [6.45, 7) is 0. The Labute approximate surface area is 261 Å². The minimum Gasteiger partial charge on any atom is -0.507 e. The van der Waals surface area contributed by atoms with Gasteiger partial charge in [0.2, 0.25) is 17.4 Å². The summed E-state index contributed by atoms with van der Waals surface area (Å²) >= 11 is 18.7. The number of hydrogen-bond donors (Lipinski definition) is 2. The largest absolute Gasteiger partial charge is 0.507 e. The van der Waals surface area contributed by atoms with Gasteiger partial charge in [-0.2, -0.15) is 26.3 Å².